The molecule has 0 amide bonds. The van der Waals surface area contributed by atoms with Crippen molar-refractivity contribution in [2.24, 2.45) is 0 Å². The first-order valence-corrected chi connectivity index (χ1v) is 7.27. The van der Waals surface area contributed by atoms with Gasteiger partial charge >= 0.3 is 0 Å². The Kier molecular flexibility index (Phi) is 5.64. The Morgan fingerprint density at radius 2 is 1.53 bits per heavy atom. The van der Waals surface area contributed by atoms with Gasteiger partial charge in [0.1, 0.15) is 0 Å². The van der Waals surface area contributed by atoms with Gasteiger partial charge in [-0.25, -0.2) is 0 Å². The topological polar surface area (TPSA) is 16.6 Å². The summed E-state index contributed by atoms with van der Waals surface area (Å²) in [6.45, 7) is 4.70. The normalized spacial score (nSPS) is 12.3. The predicted molar refractivity (Wildman–Crippen MR) is 81.3 cm³/mol. The Bertz CT molecular complexity index is 450. The SMILES string of the molecule is C[C@H](C[NH2+]CCCc1ccccc1)c1ccccc1. The quantitative estimate of drug-likeness (QED) is 0.732. The van der Waals surface area contributed by atoms with Crippen LogP contribution in [0, 0.1) is 0 Å². The van der Waals surface area contributed by atoms with Crippen molar-refractivity contribution >= 4 is 0 Å². The molecule has 0 aliphatic heterocycles. The van der Waals surface area contributed by atoms with E-state index in [1.54, 1.807) is 0 Å². The molecule has 0 aromatic heterocycles. The third-order valence-electron chi connectivity index (χ3n) is 3.61. The lowest BCUT2D eigenvalue weighted by molar-refractivity contribution is -0.657. The second-order valence-corrected chi connectivity index (χ2v) is 5.21. The Balaban J connectivity index is 1.62. The van der Waals surface area contributed by atoms with Crippen molar-refractivity contribution in [1.29, 1.82) is 0 Å². The minimum absolute atomic E-state index is 0.637. The van der Waals surface area contributed by atoms with Gasteiger partial charge in [0.2, 0.25) is 0 Å². The van der Waals surface area contributed by atoms with Gasteiger partial charge in [-0.15, -0.1) is 0 Å². The second-order valence-electron chi connectivity index (χ2n) is 5.21. The van der Waals surface area contributed by atoms with E-state index in [1.165, 1.54) is 37.1 Å². The fourth-order valence-electron chi connectivity index (χ4n) is 2.38. The van der Waals surface area contributed by atoms with Gasteiger partial charge < -0.3 is 5.32 Å². The van der Waals surface area contributed by atoms with E-state index in [0.717, 1.165) is 0 Å². The maximum Gasteiger partial charge on any atom is 0.0822 e. The van der Waals surface area contributed by atoms with Crippen LogP contribution in [0.25, 0.3) is 0 Å². The summed E-state index contributed by atoms with van der Waals surface area (Å²) in [6, 6.07) is 21.5. The first kappa shape index (κ1) is 13.8. The molecule has 2 N–H and O–H groups in total. The highest BCUT2D eigenvalue weighted by Crippen LogP contribution is 2.11. The van der Waals surface area contributed by atoms with Crippen molar-refractivity contribution in [3.63, 3.8) is 0 Å². The monoisotopic (exact) mass is 254 g/mol. The number of benzene rings is 2. The molecule has 2 aromatic carbocycles. The molecular formula is C18H24N+. The van der Waals surface area contributed by atoms with Gasteiger partial charge in [-0.3, -0.25) is 0 Å². The average molecular weight is 254 g/mol. The van der Waals surface area contributed by atoms with Crippen molar-refractivity contribution in [2.45, 2.75) is 25.7 Å². The summed E-state index contributed by atoms with van der Waals surface area (Å²) in [5.41, 5.74) is 2.90. The summed E-state index contributed by atoms with van der Waals surface area (Å²) in [4.78, 5) is 0. The van der Waals surface area contributed by atoms with E-state index in [0.29, 0.717) is 5.92 Å². The number of aryl methyl sites for hydroxylation is 1. The molecule has 0 radical (unpaired) electrons. The van der Waals surface area contributed by atoms with Crippen molar-refractivity contribution in [3.05, 3.63) is 71.8 Å². The summed E-state index contributed by atoms with van der Waals surface area (Å²) in [7, 11) is 0. The lowest BCUT2D eigenvalue weighted by Crippen LogP contribution is -2.85. The molecule has 1 nitrogen and oxygen atoms in total. The van der Waals surface area contributed by atoms with Gasteiger partial charge in [-0.1, -0.05) is 67.6 Å². The Labute approximate surface area is 116 Å². The molecule has 0 spiro atoms. The molecule has 2 rings (SSSR count). The van der Waals surface area contributed by atoms with Gasteiger partial charge in [0.25, 0.3) is 0 Å². The Morgan fingerprint density at radius 3 is 2.21 bits per heavy atom. The molecule has 1 heteroatoms. The van der Waals surface area contributed by atoms with Gasteiger partial charge in [-0.2, -0.15) is 0 Å². The molecule has 0 saturated heterocycles. The van der Waals surface area contributed by atoms with E-state index >= 15 is 0 Å². The number of nitrogens with two attached hydrogens (primary N) is 1. The standard InChI is InChI=1S/C18H23N/c1-16(18-12-6-3-7-13-18)15-19-14-8-11-17-9-4-2-5-10-17/h2-7,9-10,12-13,16,19H,8,11,14-15H2,1H3/p+1/t16-/m1/s1. The van der Waals surface area contributed by atoms with E-state index < -0.39 is 0 Å². The van der Waals surface area contributed by atoms with Crippen LogP contribution in [0.15, 0.2) is 60.7 Å². The lowest BCUT2D eigenvalue weighted by Gasteiger charge is -2.10. The molecule has 0 fully saturated rings. The maximum absolute atomic E-state index is 2.45. The summed E-state index contributed by atoms with van der Waals surface area (Å²) in [5.74, 6) is 0.637. The van der Waals surface area contributed by atoms with Crippen LogP contribution in [-0.4, -0.2) is 13.1 Å². The lowest BCUT2D eigenvalue weighted by atomic mass is 10.0. The third-order valence-corrected chi connectivity index (χ3v) is 3.61. The van der Waals surface area contributed by atoms with Crippen molar-refractivity contribution in [1.82, 2.24) is 0 Å². The Morgan fingerprint density at radius 1 is 0.895 bits per heavy atom. The number of quaternary nitrogens is 1. The molecule has 100 valence electrons. The van der Waals surface area contributed by atoms with Crippen LogP contribution in [0.1, 0.15) is 30.4 Å². The summed E-state index contributed by atoms with van der Waals surface area (Å²) in [6.07, 6.45) is 2.45. The molecule has 0 unspecified atom stereocenters. The molecule has 0 heterocycles. The van der Waals surface area contributed by atoms with E-state index in [-0.39, 0.29) is 0 Å². The fourth-order valence-corrected chi connectivity index (χ4v) is 2.38. The van der Waals surface area contributed by atoms with E-state index in [9.17, 15) is 0 Å². The number of hydrogen-bond donors (Lipinski definition) is 1. The van der Waals surface area contributed by atoms with Gasteiger partial charge in [-0.05, 0) is 17.5 Å². The predicted octanol–water partition coefficient (Wildman–Crippen LogP) is 2.99. The van der Waals surface area contributed by atoms with E-state index in [1.807, 2.05) is 0 Å². The van der Waals surface area contributed by atoms with E-state index in [4.69, 9.17) is 0 Å². The van der Waals surface area contributed by atoms with Crippen LogP contribution >= 0.6 is 0 Å². The molecule has 0 aliphatic carbocycles. The molecule has 0 aliphatic rings. The van der Waals surface area contributed by atoms with Crippen molar-refractivity contribution in [3.8, 4) is 0 Å². The highest BCUT2D eigenvalue weighted by Gasteiger charge is 2.06. The van der Waals surface area contributed by atoms with Crippen LogP contribution < -0.4 is 5.32 Å². The Hall–Kier alpha value is -1.60. The summed E-state index contributed by atoms with van der Waals surface area (Å²) < 4.78 is 0. The van der Waals surface area contributed by atoms with Gasteiger partial charge in [0.15, 0.2) is 0 Å². The fraction of sp³-hybridized carbons (Fsp3) is 0.333. The highest BCUT2D eigenvalue weighted by atomic mass is 14.8. The molecule has 0 saturated carbocycles. The molecule has 0 bridgehead atoms. The first-order valence-electron chi connectivity index (χ1n) is 7.27. The van der Waals surface area contributed by atoms with Crippen molar-refractivity contribution in [2.75, 3.05) is 13.1 Å². The van der Waals surface area contributed by atoms with Crippen molar-refractivity contribution < 1.29 is 5.32 Å². The zero-order chi connectivity index (χ0) is 13.3. The molecule has 2 aromatic rings. The summed E-state index contributed by atoms with van der Waals surface area (Å²) >= 11 is 0. The van der Waals surface area contributed by atoms with Crippen LogP contribution in [0.4, 0.5) is 0 Å². The minimum Gasteiger partial charge on any atom is -0.346 e. The summed E-state index contributed by atoms with van der Waals surface area (Å²) in [5, 5.41) is 2.45. The largest absolute Gasteiger partial charge is 0.346 e. The van der Waals surface area contributed by atoms with Crippen LogP contribution in [-0.2, 0) is 6.42 Å². The zero-order valence-corrected chi connectivity index (χ0v) is 11.8. The zero-order valence-electron chi connectivity index (χ0n) is 11.8. The minimum atomic E-state index is 0.637. The molecular weight excluding hydrogens is 230 g/mol. The second kappa shape index (κ2) is 7.75. The number of rotatable bonds is 7. The van der Waals surface area contributed by atoms with Crippen LogP contribution in [0.3, 0.4) is 0 Å². The van der Waals surface area contributed by atoms with E-state index in [2.05, 4.69) is 72.9 Å². The average Bonchev–Trinajstić information content (AvgIpc) is 2.49. The molecule has 19 heavy (non-hydrogen) atoms. The number of hydrogen-bond acceptors (Lipinski definition) is 0. The third kappa shape index (κ3) is 4.88. The van der Waals surface area contributed by atoms with Crippen LogP contribution in [0.2, 0.25) is 0 Å². The smallest absolute Gasteiger partial charge is 0.0822 e. The highest BCUT2D eigenvalue weighted by molar-refractivity contribution is 5.18. The molecule has 1 atom stereocenters. The maximum atomic E-state index is 2.45. The van der Waals surface area contributed by atoms with Gasteiger partial charge in [0, 0.05) is 12.3 Å². The van der Waals surface area contributed by atoms with Crippen LogP contribution in [0.5, 0.6) is 0 Å². The van der Waals surface area contributed by atoms with Gasteiger partial charge in [0.05, 0.1) is 13.1 Å². The first-order chi connectivity index (χ1) is 9.36.